The molecule has 2 aliphatic carbocycles. The summed E-state index contributed by atoms with van der Waals surface area (Å²) in [6, 6.07) is 3.63. The Morgan fingerprint density at radius 1 is 1.18 bits per heavy atom. The number of nitrogens with zero attached hydrogens (tertiary/aromatic N) is 2. The number of ether oxygens (including phenoxy) is 1. The Balaban J connectivity index is 1.65. The molecule has 1 atom stereocenters. The Hall–Kier alpha value is -3.41. The van der Waals surface area contributed by atoms with Gasteiger partial charge in [-0.15, -0.1) is 0 Å². The molecule has 38 heavy (non-hydrogen) atoms. The SMILES string of the molecule is CC(N)C(=O)OC1CCC(Nc2cc(-n3nc(C(F)(F)F)c4c3CC(C)(C)CC4=O)ccc2C(N)=O)CC1. The van der Waals surface area contributed by atoms with Gasteiger partial charge in [0.2, 0.25) is 0 Å². The molecule has 1 saturated carbocycles. The number of halogens is 3. The molecule has 9 nitrogen and oxygen atoms in total. The maximum atomic E-state index is 13.8. The number of hydrogen-bond donors (Lipinski definition) is 3. The molecular weight excluding hydrogens is 503 g/mol. The second-order valence-corrected chi connectivity index (χ2v) is 11.0. The number of nitrogens with one attached hydrogen (secondary N) is 1. The van der Waals surface area contributed by atoms with Crippen molar-refractivity contribution in [3.8, 4) is 5.69 Å². The Bertz CT molecular complexity index is 1260. The number of benzene rings is 1. The summed E-state index contributed by atoms with van der Waals surface area (Å²) in [6.45, 7) is 5.20. The van der Waals surface area contributed by atoms with E-state index in [1.165, 1.54) is 18.2 Å². The van der Waals surface area contributed by atoms with Crippen molar-refractivity contribution in [1.82, 2.24) is 9.78 Å². The zero-order valence-corrected chi connectivity index (χ0v) is 21.5. The van der Waals surface area contributed by atoms with Crippen LogP contribution in [0.5, 0.6) is 0 Å². The van der Waals surface area contributed by atoms with Crippen LogP contribution >= 0.6 is 0 Å². The van der Waals surface area contributed by atoms with Crippen LogP contribution in [0, 0.1) is 5.41 Å². The first-order valence-electron chi connectivity index (χ1n) is 12.6. The zero-order chi connectivity index (χ0) is 28.0. The van der Waals surface area contributed by atoms with Gasteiger partial charge in [-0.3, -0.25) is 14.4 Å². The Kier molecular flexibility index (Phi) is 7.30. The molecule has 4 rings (SSSR count). The van der Waals surface area contributed by atoms with Crippen molar-refractivity contribution in [2.45, 2.75) is 83.7 Å². The molecule has 0 spiro atoms. The highest BCUT2D eigenvalue weighted by Crippen LogP contribution is 2.42. The molecule has 5 N–H and O–H groups in total. The van der Waals surface area contributed by atoms with Gasteiger partial charge in [-0.25, -0.2) is 4.68 Å². The Labute approximate surface area is 218 Å². The first kappa shape index (κ1) is 27.6. The predicted molar refractivity (Wildman–Crippen MR) is 133 cm³/mol. The fourth-order valence-electron chi connectivity index (χ4n) is 5.17. The van der Waals surface area contributed by atoms with Gasteiger partial charge in [0.1, 0.15) is 12.1 Å². The zero-order valence-electron chi connectivity index (χ0n) is 21.5. The average molecular weight is 536 g/mol. The summed E-state index contributed by atoms with van der Waals surface area (Å²) >= 11 is 0. The molecule has 2 aliphatic rings. The van der Waals surface area contributed by atoms with Crippen LogP contribution in [-0.2, 0) is 22.1 Å². The van der Waals surface area contributed by atoms with Gasteiger partial charge in [-0.1, -0.05) is 13.8 Å². The summed E-state index contributed by atoms with van der Waals surface area (Å²) in [5.74, 6) is -1.76. The third-order valence-electron chi connectivity index (χ3n) is 7.02. The number of alkyl halides is 3. The molecule has 12 heteroatoms. The highest BCUT2D eigenvalue weighted by atomic mass is 19.4. The first-order valence-corrected chi connectivity index (χ1v) is 12.6. The third kappa shape index (κ3) is 5.69. The van der Waals surface area contributed by atoms with E-state index in [2.05, 4.69) is 10.4 Å². The summed E-state index contributed by atoms with van der Waals surface area (Å²) in [5.41, 5.74) is 9.98. The number of anilines is 1. The largest absolute Gasteiger partial charge is 0.461 e. The predicted octanol–water partition coefficient (Wildman–Crippen LogP) is 3.76. The van der Waals surface area contributed by atoms with E-state index in [0.717, 1.165) is 4.68 Å². The molecule has 0 radical (unpaired) electrons. The van der Waals surface area contributed by atoms with Crippen LogP contribution < -0.4 is 16.8 Å². The fraction of sp³-hybridized carbons (Fsp3) is 0.538. The second kappa shape index (κ2) is 10.0. The van der Waals surface area contributed by atoms with Gasteiger partial charge >= 0.3 is 12.1 Å². The van der Waals surface area contributed by atoms with E-state index >= 15 is 0 Å². The van der Waals surface area contributed by atoms with Crippen LogP contribution in [0.15, 0.2) is 18.2 Å². The number of fused-ring (bicyclic) bond motifs is 1. The summed E-state index contributed by atoms with van der Waals surface area (Å²) in [6.07, 6.45) is -2.43. The Morgan fingerprint density at radius 3 is 2.42 bits per heavy atom. The van der Waals surface area contributed by atoms with E-state index in [0.29, 0.717) is 31.4 Å². The van der Waals surface area contributed by atoms with Crippen molar-refractivity contribution in [2.75, 3.05) is 5.32 Å². The quantitative estimate of drug-likeness (QED) is 0.478. The minimum Gasteiger partial charge on any atom is -0.461 e. The highest BCUT2D eigenvalue weighted by Gasteiger charge is 2.45. The molecule has 1 aromatic heterocycles. The van der Waals surface area contributed by atoms with Gasteiger partial charge in [0, 0.05) is 18.2 Å². The maximum Gasteiger partial charge on any atom is 0.435 e. The van der Waals surface area contributed by atoms with E-state index in [1.807, 2.05) is 13.8 Å². The smallest absolute Gasteiger partial charge is 0.435 e. The average Bonchev–Trinajstić information content (AvgIpc) is 3.19. The van der Waals surface area contributed by atoms with Crippen LogP contribution in [0.25, 0.3) is 5.69 Å². The van der Waals surface area contributed by atoms with Crippen LogP contribution in [0.4, 0.5) is 18.9 Å². The van der Waals surface area contributed by atoms with Gasteiger partial charge in [-0.2, -0.15) is 18.3 Å². The number of hydrogen-bond acceptors (Lipinski definition) is 7. The molecule has 1 fully saturated rings. The van der Waals surface area contributed by atoms with Crippen LogP contribution in [0.2, 0.25) is 0 Å². The Morgan fingerprint density at radius 2 is 1.84 bits per heavy atom. The lowest BCUT2D eigenvalue weighted by molar-refractivity contribution is -0.151. The van der Waals surface area contributed by atoms with Gasteiger partial charge in [0.15, 0.2) is 11.5 Å². The first-order chi connectivity index (χ1) is 17.7. The van der Waals surface area contributed by atoms with Crippen LogP contribution in [0.3, 0.4) is 0 Å². The summed E-state index contributed by atoms with van der Waals surface area (Å²) in [7, 11) is 0. The van der Waals surface area contributed by atoms with Crippen molar-refractivity contribution >= 4 is 23.3 Å². The number of primary amides is 1. The standard InChI is InChI=1S/C26H32F3N5O4/c1-13(30)24(37)38-16-7-4-14(5-8-16)32-18-10-15(6-9-17(18)23(31)36)34-19-11-25(2,3)12-20(35)21(19)22(33-34)26(27,28)29/h6,9-10,13-14,16,32H,4-5,7-8,11-12,30H2,1-3H3,(H2,31,36). The van der Waals surface area contributed by atoms with Crippen LogP contribution in [-0.4, -0.2) is 45.6 Å². The topological polar surface area (TPSA) is 142 Å². The van der Waals surface area contributed by atoms with E-state index in [-0.39, 0.29) is 41.9 Å². The molecule has 1 heterocycles. The molecular formula is C26H32F3N5O4. The van der Waals surface area contributed by atoms with Crippen molar-refractivity contribution in [3.63, 3.8) is 0 Å². The molecule has 1 unspecified atom stereocenters. The number of nitrogens with two attached hydrogens (primary N) is 2. The number of carbonyl (C=O) groups excluding carboxylic acids is 3. The van der Waals surface area contributed by atoms with E-state index in [9.17, 15) is 27.6 Å². The van der Waals surface area contributed by atoms with E-state index < -0.39 is 46.6 Å². The lowest BCUT2D eigenvalue weighted by atomic mass is 9.75. The van der Waals surface area contributed by atoms with E-state index in [1.54, 1.807) is 6.92 Å². The van der Waals surface area contributed by atoms with Gasteiger partial charge < -0.3 is 21.5 Å². The molecule has 0 bridgehead atoms. The number of carbonyl (C=O) groups is 3. The van der Waals surface area contributed by atoms with Gasteiger partial charge in [0.25, 0.3) is 5.91 Å². The third-order valence-corrected chi connectivity index (χ3v) is 7.02. The molecule has 0 aliphatic heterocycles. The van der Waals surface area contributed by atoms with Crippen molar-refractivity contribution in [1.29, 1.82) is 0 Å². The lowest BCUT2D eigenvalue weighted by Crippen LogP contribution is -2.36. The number of aromatic nitrogens is 2. The molecule has 1 amide bonds. The molecule has 206 valence electrons. The monoisotopic (exact) mass is 535 g/mol. The highest BCUT2D eigenvalue weighted by molar-refractivity contribution is 6.00. The van der Waals surface area contributed by atoms with Gasteiger partial charge in [0.05, 0.1) is 22.5 Å². The van der Waals surface area contributed by atoms with E-state index in [4.69, 9.17) is 16.2 Å². The normalized spacial score (nSPS) is 21.9. The van der Waals surface area contributed by atoms with Gasteiger partial charge in [-0.05, 0) is 62.6 Å². The summed E-state index contributed by atoms with van der Waals surface area (Å²) < 4.78 is 48.1. The fourth-order valence-corrected chi connectivity index (χ4v) is 5.17. The minimum atomic E-state index is -4.80. The maximum absolute atomic E-state index is 13.8. The summed E-state index contributed by atoms with van der Waals surface area (Å²) in [5, 5.41) is 7.12. The number of Topliss-reactive ketones (excluding diaryl/α,β-unsaturated/α-hetero) is 1. The number of esters is 1. The second-order valence-electron chi connectivity index (χ2n) is 11.0. The summed E-state index contributed by atoms with van der Waals surface area (Å²) in [4.78, 5) is 36.7. The lowest BCUT2D eigenvalue weighted by Gasteiger charge is -2.31. The number of amides is 1. The number of ketones is 1. The minimum absolute atomic E-state index is 0.00955. The number of rotatable bonds is 6. The van der Waals surface area contributed by atoms with Crippen molar-refractivity contribution < 1.29 is 32.3 Å². The van der Waals surface area contributed by atoms with Crippen molar-refractivity contribution in [2.24, 2.45) is 16.9 Å². The van der Waals surface area contributed by atoms with Crippen molar-refractivity contribution in [3.05, 3.63) is 40.7 Å². The van der Waals surface area contributed by atoms with Crippen LogP contribution in [0.1, 0.15) is 85.0 Å². The molecule has 0 saturated heterocycles. The molecule has 2 aromatic rings. The molecule has 1 aromatic carbocycles.